The summed E-state index contributed by atoms with van der Waals surface area (Å²) in [6.07, 6.45) is 1.98. The van der Waals surface area contributed by atoms with Crippen LogP contribution in [0.15, 0.2) is 29.2 Å². The van der Waals surface area contributed by atoms with E-state index < -0.39 is 0 Å². The number of fused-ring (bicyclic) bond motifs is 1. The van der Waals surface area contributed by atoms with Crippen molar-refractivity contribution in [2.75, 3.05) is 44.7 Å². The van der Waals surface area contributed by atoms with Gasteiger partial charge in [-0.3, -0.25) is 0 Å². The van der Waals surface area contributed by atoms with Gasteiger partial charge in [0, 0.05) is 5.02 Å². The van der Waals surface area contributed by atoms with Gasteiger partial charge in [0.05, 0.1) is 44.8 Å². The van der Waals surface area contributed by atoms with Gasteiger partial charge in [-0.25, -0.2) is 0 Å². The highest BCUT2D eigenvalue weighted by Gasteiger charge is 2.29. The molecule has 1 fully saturated rings. The molecule has 0 N–H and O–H groups in total. The molecule has 0 atom stereocenters. The molecular formula is C15H18Cl2N3O+. The molecule has 1 aromatic carbocycles. The molecule has 1 saturated heterocycles. The third kappa shape index (κ3) is 2.89. The molecule has 0 bridgehead atoms. The van der Waals surface area contributed by atoms with Crippen LogP contribution in [-0.4, -0.2) is 49.2 Å². The summed E-state index contributed by atoms with van der Waals surface area (Å²) in [6, 6.07) is 4.07. The monoisotopic (exact) mass is 326 g/mol. The Kier molecular flexibility index (Phi) is 3.86. The Labute approximate surface area is 134 Å². The number of anilines is 1. The molecule has 3 rings (SSSR count). The fraction of sp³-hybridized carbons (Fsp3) is 0.400. The number of nitrogens with zero attached hydrogens (tertiary/aromatic N) is 3. The maximum absolute atomic E-state index is 6.15. The third-order valence-corrected chi connectivity index (χ3v) is 4.56. The molecule has 0 aliphatic carbocycles. The van der Waals surface area contributed by atoms with Gasteiger partial charge in [0.2, 0.25) is 0 Å². The number of aromatic nitrogens is 1. The third-order valence-electron chi connectivity index (χ3n) is 4.06. The maximum atomic E-state index is 6.15. The molecule has 112 valence electrons. The van der Waals surface area contributed by atoms with Crippen LogP contribution in [0.5, 0.6) is 0 Å². The molecule has 2 aromatic rings. The van der Waals surface area contributed by atoms with E-state index in [-0.39, 0.29) is 0 Å². The molecule has 2 heterocycles. The highest BCUT2D eigenvalue weighted by atomic mass is 35.5. The average molecular weight is 327 g/mol. The lowest BCUT2D eigenvalue weighted by Crippen LogP contribution is -2.57. The molecule has 0 unspecified atom stereocenters. The second kappa shape index (κ2) is 5.52. The van der Waals surface area contributed by atoms with Gasteiger partial charge in [-0.05, 0) is 18.2 Å². The number of oxazole rings is 1. The molecule has 1 aromatic heterocycles. The fourth-order valence-corrected chi connectivity index (χ4v) is 3.24. The van der Waals surface area contributed by atoms with Crippen molar-refractivity contribution in [2.45, 2.75) is 0 Å². The van der Waals surface area contributed by atoms with Crippen molar-refractivity contribution in [3.05, 3.63) is 34.8 Å². The Morgan fingerprint density at radius 2 is 2.10 bits per heavy atom. The maximum Gasteiger partial charge on any atom is 0.298 e. The van der Waals surface area contributed by atoms with Crippen molar-refractivity contribution in [1.82, 2.24) is 4.98 Å². The first-order valence-corrected chi connectivity index (χ1v) is 7.71. The molecule has 0 amide bonds. The topological polar surface area (TPSA) is 29.3 Å². The van der Waals surface area contributed by atoms with E-state index in [4.69, 9.17) is 27.6 Å². The highest BCUT2D eigenvalue weighted by Crippen LogP contribution is 2.31. The molecule has 0 spiro atoms. The van der Waals surface area contributed by atoms with Crippen LogP contribution in [-0.2, 0) is 0 Å². The summed E-state index contributed by atoms with van der Waals surface area (Å²) in [6.45, 7) is 8.72. The summed E-state index contributed by atoms with van der Waals surface area (Å²) >= 11 is 12.1. The number of likely N-dealkylation sites (N-methyl/N-ethyl adjacent to an activating group) is 1. The largest absolute Gasteiger partial charge is 0.422 e. The standard InChI is InChI=1S/C15H18Cl2N3O/c1-3-6-20(2)7-4-19(5-8-20)15-18-13-10-11(16)9-12(17)14(13)21-15/h3,9-10H,1,4-8H2,2H3/q+1. The summed E-state index contributed by atoms with van der Waals surface area (Å²) in [5.74, 6) is 0. The zero-order valence-electron chi connectivity index (χ0n) is 12.0. The number of halogens is 2. The van der Waals surface area contributed by atoms with E-state index in [1.54, 1.807) is 12.1 Å². The van der Waals surface area contributed by atoms with Crippen LogP contribution in [0.4, 0.5) is 6.01 Å². The highest BCUT2D eigenvalue weighted by molar-refractivity contribution is 6.38. The van der Waals surface area contributed by atoms with Crippen LogP contribution in [0.25, 0.3) is 11.1 Å². The Hall–Kier alpha value is -1.23. The number of quaternary nitrogens is 1. The van der Waals surface area contributed by atoms with Gasteiger partial charge >= 0.3 is 0 Å². The first-order valence-electron chi connectivity index (χ1n) is 6.96. The second-order valence-corrected chi connectivity index (χ2v) is 6.60. The summed E-state index contributed by atoms with van der Waals surface area (Å²) in [5.41, 5.74) is 1.31. The van der Waals surface area contributed by atoms with Crippen LogP contribution in [0.1, 0.15) is 0 Å². The minimum atomic E-state index is 0.500. The predicted molar refractivity (Wildman–Crippen MR) is 87.2 cm³/mol. The van der Waals surface area contributed by atoms with Gasteiger partial charge in [-0.2, -0.15) is 4.98 Å². The summed E-state index contributed by atoms with van der Waals surface area (Å²) < 4.78 is 6.83. The van der Waals surface area contributed by atoms with Crippen LogP contribution in [0.3, 0.4) is 0 Å². The molecule has 0 saturated carbocycles. The predicted octanol–water partition coefficient (Wildman–Crippen LogP) is 3.59. The fourth-order valence-electron chi connectivity index (χ4n) is 2.72. The lowest BCUT2D eigenvalue weighted by atomic mass is 10.2. The lowest BCUT2D eigenvalue weighted by molar-refractivity contribution is -0.904. The van der Waals surface area contributed by atoms with Crippen LogP contribution in [0.2, 0.25) is 10.0 Å². The zero-order valence-corrected chi connectivity index (χ0v) is 13.5. The van der Waals surface area contributed by atoms with E-state index >= 15 is 0 Å². The molecule has 1 aliphatic heterocycles. The van der Waals surface area contributed by atoms with E-state index in [1.807, 2.05) is 6.08 Å². The number of rotatable bonds is 3. The van der Waals surface area contributed by atoms with Crippen LogP contribution < -0.4 is 4.90 Å². The molecule has 1 aliphatic rings. The first-order chi connectivity index (χ1) is 10.0. The van der Waals surface area contributed by atoms with Crippen LogP contribution >= 0.6 is 23.2 Å². The minimum absolute atomic E-state index is 0.500. The van der Waals surface area contributed by atoms with Crippen molar-refractivity contribution in [2.24, 2.45) is 0 Å². The lowest BCUT2D eigenvalue weighted by Gasteiger charge is -2.40. The Balaban J connectivity index is 1.83. The molecule has 4 nitrogen and oxygen atoms in total. The SMILES string of the molecule is C=CC[N+]1(C)CCN(c2nc3cc(Cl)cc(Cl)c3o2)CC1. The van der Waals surface area contributed by atoms with Crippen molar-refractivity contribution in [3.8, 4) is 0 Å². The van der Waals surface area contributed by atoms with E-state index in [9.17, 15) is 0 Å². The Bertz CT molecular complexity index is 675. The van der Waals surface area contributed by atoms with Gasteiger partial charge in [0.25, 0.3) is 6.01 Å². The summed E-state index contributed by atoms with van der Waals surface area (Å²) in [7, 11) is 2.25. The number of hydrogen-bond acceptors (Lipinski definition) is 3. The first kappa shape index (κ1) is 14.7. The number of benzene rings is 1. The van der Waals surface area contributed by atoms with Gasteiger partial charge < -0.3 is 13.8 Å². The van der Waals surface area contributed by atoms with E-state index in [0.29, 0.717) is 27.2 Å². The van der Waals surface area contributed by atoms with Crippen molar-refractivity contribution in [3.63, 3.8) is 0 Å². The van der Waals surface area contributed by atoms with Crippen LogP contribution in [0, 0.1) is 0 Å². The van der Waals surface area contributed by atoms with E-state index in [0.717, 1.165) is 37.2 Å². The van der Waals surface area contributed by atoms with E-state index in [1.165, 1.54) is 0 Å². The Morgan fingerprint density at radius 1 is 1.38 bits per heavy atom. The molecule has 21 heavy (non-hydrogen) atoms. The molecule has 0 radical (unpaired) electrons. The minimum Gasteiger partial charge on any atom is -0.422 e. The van der Waals surface area contributed by atoms with Gasteiger partial charge in [-0.15, -0.1) is 0 Å². The van der Waals surface area contributed by atoms with Crippen molar-refractivity contribution in [1.29, 1.82) is 0 Å². The quantitative estimate of drug-likeness (QED) is 0.637. The van der Waals surface area contributed by atoms with E-state index in [2.05, 4.69) is 23.5 Å². The summed E-state index contributed by atoms with van der Waals surface area (Å²) in [4.78, 5) is 6.68. The normalized spacial score (nSPS) is 18.1. The van der Waals surface area contributed by atoms with Gasteiger partial charge in [-0.1, -0.05) is 29.8 Å². The number of hydrogen-bond donors (Lipinski definition) is 0. The molecule has 6 heteroatoms. The average Bonchev–Trinajstić information content (AvgIpc) is 2.83. The summed E-state index contributed by atoms with van der Waals surface area (Å²) in [5, 5.41) is 1.07. The van der Waals surface area contributed by atoms with Crippen molar-refractivity contribution >= 4 is 40.3 Å². The van der Waals surface area contributed by atoms with Gasteiger partial charge in [0.1, 0.15) is 5.52 Å². The number of piperazine rings is 1. The smallest absolute Gasteiger partial charge is 0.298 e. The Morgan fingerprint density at radius 3 is 2.76 bits per heavy atom. The van der Waals surface area contributed by atoms with Crippen molar-refractivity contribution < 1.29 is 8.90 Å². The zero-order chi connectivity index (χ0) is 15.0. The van der Waals surface area contributed by atoms with Gasteiger partial charge in [0.15, 0.2) is 5.58 Å². The molecular weight excluding hydrogens is 309 g/mol. The second-order valence-electron chi connectivity index (χ2n) is 5.76.